The molecule has 0 radical (unpaired) electrons. The lowest BCUT2D eigenvalue weighted by atomic mass is 9.55. The van der Waals surface area contributed by atoms with Gasteiger partial charge in [0.1, 0.15) is 35.6 Å². The van der Waals surface area contributed by atoms with E-state index >= 15 is 0 Å². The fourth-order valence-electron chi connectivity index (χ4n) is 9.85. The average Bonchev–Trinajstić information content (AvgIpc) is 3.32. The van der Waals surface area contributed by atoms with E-state index in [4.69, 9.17) is 28.9 Å². The molecule has 0 aromatic heterocycles. The Morgan fingerprint density at radius 2 is 1.58 bits per heavy atom. The Bertz CT molecular complexity index is 2530. The van der Waals surface area contributed by atoms with Gasteiger partial charge in [0.05, 0.1) is 23.2 Å². The highest BCUT2D eigenvalue weighted by Crippen LogP contribution is 2.62. The third kappa shape index (κ3) is 9.78. The molecule has 6 atom stereocenters. The Labute approximate surface area is 378 Å². The number of allylic oxidation sites excluding steroid dienone is 1. The van der Waals surface area contributed by atoms with Gasteiger partial charge in [-0.1, -0.05) is 90.8 Å². The quantitative estimate of drug-likeness (QED) is 0.0353. The molecule has 1 amide bonds. The van der Waals surface area contributed by atoms with Gasteiger partial charge in [-0.2, -0.15) is 0 Å². The van der Waals surface area contributed by atoms with E-state index in [1.807, 2.05) is 72.8 Å². The number of aliphatic hydroxyl groups is 2. The zero-order chi connectivity index (χ0) is 45.3. The number of carbonyl (C=O) groups excluding carboxylic acids is 1. The SMILES string of the molecule is C=CCOC12Oc3ccc(Oc4ccc5ccccc5c4)cc3C3C(CCCCO)C(CCCCO)C=C(C(=NOCc4ccccc4)CC1N(C)C(=O)Oc1ccc([N+](=O)[O-])cc1)C32. The number of nitrogens with zero attached hydrogens (tertiary/aromatic N) is 3. The van der Waals surface area contributed by atoms with Gasteiger partial charge in [0.15, 0.2) is 0 Å². The molecule has 1 fully saturated rings. The summed E-state index contributed by atoms with van der Waals surface area (Å²) in [5.41, 5.74) is 3.24. The number of unbranched alkanes of at least 4 members (excludes halogenated alkanes) is 2. The van der Waals surface area contributed by atoms with Crippen LogP contribution in [0.25, 0.3) is 10.8 Å². The molecule has 2 aliphatic carbocycles. The number of carbonyl (C=O) groups is 1. The maximum atomic E-state index is 14.3. The Morgan fingerprint density at radius 3 is 2.32 bits per heavy atom. The molecular formula is C52H55N3O10. The zero-order valence-corrected chi connectivity index (χ0v) is 36.5. The summed E-state index contributed by atoms with van der Waals surface area (Å²) in [4.78, 5) is 32.8. The van der Waals surface area contributed by atoms with Crippen LogP contribution < -0.4 is 14.2 Å². The van der Waals surface area contributed by atoms with Crippen LogP contribution in [-0.2, 0) is 16.2 Å². The van der Waals surface area contributed by atoms with Gasteiger partial charge in [0.2, 0.25) is 5.79 Å². The highest BCUT2D eigenvalue weighted by atomic mass is 16.7. The molecule has 13 nitrogen and oxygen atoms in total. The predicted molar refractivity (Wildman–Crippen MR) is 247 cm³/mol. The van der Waals surface area contributed by atoms with Gasteiger partial charge in [0, 0.05) is 50.3 Å². The number of nitro benzene ring substituents is 1. The predicted octanol–water partition coefficient (Wildman–Crippen LogP) is 10.5. The molecule has 3 aliphatic rings. The molecule has 6 unspecified atom stereocenters. The summed E-state index contributed by atoms with van der Waals surface area (Å²) < 4.78 is 26.7. The van der Waals surface area contributed by atoms with Crippen molar-refractivity contribution in [3.05, 3.63) is 161 Å². The first kappa shape index (κ1) is 45.0. The standard InChI is InChI=1S/C52H55N3O10/c1-3-29-61-52-48(54(2)51(58)64-40-23-20-39(21-24-40)55(59)60)33-46(53-62-34-35-13-5-4-6-14-35)44-31-38(17-9-11-27-56)43(18-10-12-28-57)49(50(44)52)45-32-42(25-26-47(45)65-52)63-41-22-19-36-15-7-8-16-37(36)30-41/h3-8,13-16,19-26,30-32,38,43,48-50,56-57H,1,9-12,17-18,27-29,33-34H2,2H3. The topological polar surface area (TPSA) is 162 Å². The summed E-state index contributed by atoms with van der Waals surface area (Å²) in [6.07, 6.45) is 7.76. The van der Waals surface area contributed by atoms with E-state index in [0.29, 0.717) is 35.8 Å². The zero-order valence-electron chi connectivity index (χ0n) is 36.5. The number of hydrogen-bond acceptors (Lipinski definition) is 11. The molecule has 8 rings (SSSR count). The Hall–Kier alpha value is -6.54. The van der Waals surface area contributed by atoms with E-state index < -0.39 is 28.8 Å². The summed E-state index contributed by atoms with van der Waals surface area (Å²) >= 11 is 0. The van der Waals surface area contributed by atoms with Crippen LogP contribution in [0.2, 0.25) is 0 Å². The Morgan fingerprint density at radius 1 is 0.892 bits per heavy atom. The van der Waals surface area contributed by atoms with E-state index in [9.17, 15) is 25.1 Å². The number of hydrogen-bond donors (Lipinski definition) is 2. The molecule has 5 aromatic carbocycles. The third-order valence-corrected chi connectivity index (χ3v) is 12.9. The second-order valence-electron chi connectivity index (χ2n) is 16.9. The van der Waals surface area contributed by atoms with Gasteiger partial charge in [-0.3, -0.25) is 10.1 Å². The minimum absolute atomic E-state index is 0.00173. The Kier molecular flexibility index (Phi) is 14.2. The molecule has 1 aliphatic heterocycles. The van der Waals surface area contributed by atoms with Gasteiger partial charge in [-0.15, -0.1) is 6.58 Å². The van der Waals surface area contributed by atoms with Crippen molar-refractivity contribution in [1.29, 1.82) is 0 Å². The molecule has 13 heteroatoms. The molecule has 1 heterocycles. The van der Waals surface area contributed by atoms with Crippen molar-refractivity contribution in [2.75, 3.05) is 26.9 Å². The van der Waals surface area contributed by atoms with E-state index in [2.05, 4.69) is 30.9 Å². The maximum Gasteiger partial charge on any atom is 0.415 e. The van der Waals surface area contributed by atoms with Crippen molar-refractivity contribution in [3.8, 4) is 23.0 Å². The van der Waals surface area contributed by atoms with Gasteiger partial charge >= 0.3 is 6.09 Å². The van der Waals surface area contributed by atoms with E-state index in [1.54, 1.807) is 13.1 Å². The van der Waals surface area contributed by atoms with Crippen molar-refractivity contribution in [1.82, 2.24) is 4.90 Å². The average molecular weight is 882 g/mol. The number of benzene rings is 5. The van der Waals surface area contributed by atoms with Crippen molar-refractivity contribution in [2.45, 2.75) is 69.3 Å². The molecule has 65 heavy (non-hydrogen) atoms. The molecule has 2 N–H and O–H groups in total. The van der Waals surface area contributed by atoms with E-state index in [0.717, 1.165) is 53.2 Å². The van der Waals surface area contributed by atoms with Crippen LogP contribution in [0.1, 0.15) is 62.0 Å². The fraction of sp³-hybridized carbons (Fsp3) is 0.346. The number of ether oxygens (including phenoxy) is 4. The summed E-state index contributed by atoms with van der Waals surface area (Å²) in [5.74, 6) is -0.284. The lowest BCUT2D eigenvalue weighted by Crippen LogP contribution is -2.69. The van der Waals surface area contributed by atoms with Crippen LogP contribution in [0.5, 0.6) is 23.0 Å². The minimum atomic E-state index is -1.51. The molecule has 0 spiro atoms. The lowest BCUT2D eigenvalue weighted by molar-refractivity contribution is -0.384. The monoisotopic (exact) mass is 881 g/mol. The van der Waals surface area contributed by atoms with Crippen LogP contribution in [0.3, 0.4) is 0 Å². The number of oxime groups is 1. The molecule has 0 saturated heterocycles. The first-order valence-corrected chi connectivity index (χ1v) is 22.3. The molecular weight excluding hydrogens is 827 g/mol. The lowest BCUT2D eigenvalue weighted by Gasteiger charge is -2.59. The third-order valence-electron chi connectivity index (χ3n) is 12.9. The minimum Gasteiger partial charge on any atom is -0.459 e. The van der Waals surface area contributed by atoms with Gasteiger partial charge in [-0.05, 0) is 102 Å². The molecule has 0 bridgehead atoms. The van der Waals surface area contributed by atoms with Gasteiger partial charge < -0.3 is 38.9 Å². The number of likely N-dealkylation sites (N-methyl/N-ethyl adjacent to an activating group) is 1. The fourth-order valence-corrected chi connectivity index (χ4v) is 9.85. The van der Waals surface area contributed by atoms with E-state index in [1.165, 1.54) is 29.2 Å². The number of aliphatic hydroxyl groups excluding tert-OH is 2. The van der Waals surface area contributed by atoms with Crippen LogP contribution in [0, 0.1) is 27.9 Å². The van der Waals surface area contributed by atoms with Gasteiger partial charge in [-0.25, -0.2) is 4.79 Å². The normalized spacial score (nSPS) is 22.5. The number of rotatable bonds is 19. The molecule has 1 saturated carbocycles. The van der Waals surface area contributed by atoms with Crippen LogP contribution >= 0.6 is 0 Å². The second kappa shape index (κ2) is 20.5. The number of non-ortho nitro benzene ring substituents is 1. The van der Waals surface area contributed by atoms with Crippen LogP contribution in [-0.4, -0.2) is 70.5 Å². The summed E-state index contributed by atoms with van der Waals surface area (Å²) in [6, 6.07) is 34.2. The summed E-state index contributed by atoms with van der Waals surface area (Å²) in [7, 11) is 1.63. The summed E-state index contributed by atoms with van der Waals surface area (Å²) in [6.45, 7) is 4.44. The Balaban J connectivity index is 1.27. The van der Waals surface area contributed by atoms with Crippen molar-refractivity contribution < 1.29 is 43.7 Å². The number of nitro groups is 1. The van der Waals surface area contributed by atoms with Crippen LogP contribution in [0.15, 0.2) is 145 Å². The maximum absolute atomic E-state index is 14.3. The first-order chi connectivity index (χ1) is 31.7. The molecule has 338 valence electrons. The smallest absolute Gasteiger partial charge is 0.415 e. The van der Waals surface area contributed by atoms with Crippen LogP contribution in [0.4, 0.5) is 10.5 Å². The number of amides is 1. The largest absolute Gasteiger partial charge is 0.459 e. The molecule has 5 aromatic rings. The van der Waals surface area contributed by atoms with Crippen molar-refractivity contribution in [3.63, 3.8) is 0 Å². The first-order valence-electron chi connectivity index (χ1n) is 22.3. The number of fused-ring (bicyclic) bond motifs is 3. The second-order valence-corrected chi connectivity index (χ2v) is 16.9. The summed E-state index contributed by atoms with van der Waals surface area (Å²) in [5, 5.41) is 38.3. The highest BCUT2D eigenvalue weighted by Gasteiger charge is 2.65. The van der Waals surface area contributed by atoms with E-state index in [-0.39, 0.29) is 62.0 Å². The van der Waals surface area contributed by atoms with Crippen molar-refractivity contribution in [2.24, 2.45) is 22.9 Å². The van der Waals surface area contributed by atoms with Crippen molar-refractivity contribution >= 4 is 28.3 Å². The highest BCUT2D eigenvalue weighted by molar-refractivity contribution is 6.03. The van der Waals surface area contributed by atoms with Gasteiger partial charge in [0.25, 0.3) is 5.69 Å².